The van der Waals surface area contributed by atoms with Gasteiger partial charge in [-0.25, -0.2) is 18.2 Å². The summed E-state index contributed by atoms with van der Waals surface area (Å²) in [5, 5.41) is 2.85. The van der Waals surface area contributed by atoms with Crippen molar-refractivity contribution in [3.05, 3.63) is 82.3 Å². The van der Waals surface area contributed by atoms with Crippen molar-refractivity contribution in [3.63, 3.8) is 0 Å². The minimum atomic E-state index is -3.47. The summed E-state index contributed by atoms with van der Waals surface area (Å²) in [5.74, 6) is 0.0434. The Balaban J connectivity index is 1.17. The molecule has 1 atom stereocenters. The zero-order valence-corrected chi connectivity index (χ0v) is 24.7. The molecular formula is C30H38N4O4S2. The number of benzene rings is 2. The Labute approximate surface area is 241 Å². The predicted molar refractivity (Wildman–Crippen MR) is 157 cm³/mol. The zero-order chi connectivity index (χ0) is 28.0. The molecule has 3 heterocycles. The van der Waals surface area contributed by atoms with E-state index in [1.54, 1.807) is 46.8 Å². The molecule has 2 saturated heterocycles. The third-order valence-electron chi connectivity index (χ3n) is 7.94. The van der Waals surface area contributed by atoms with Crippen LogP contribution in [0.4, 0.5) is 0 Å². The number of piperidine rings is 1. The molecule has 0 radical (unpaired) electrons. The molecule has 2 aliphatic rings. The molecule has 0 bridgehead atoms. The minimum Gasteiger partial charge on any atom is -0.461 e. The van der Waals surface area contributed by atoms with Crippen molar-refractivity contribution in [2.24, 2.45) is 0 Å². The van der Waals surface area contributed by atoms with Crippen LogP contribution in [0, 0.1) is 0 Å². The van der Waals surface area contributed by atoms with E-state index >= 15 is 0 Å². The summed E-state index contributed by atoms with van der Waals surface area (Å²) in [6, 6.07) is 19.6. The Hall–Kier alpha value is -2.63. The van der Waals surface area contributed by atoms with Gasteiger partial charge in [0.15, 0.2) is 5.69 Å². The van der Waals surface area contributed by atoms with Crippen molar-refractivity contribution in [1.82, 2.24) is 19.1 Å². The van der Waals surface area contributed by atoms with Gasteiger partial charge < -0.3 is 9.64 Å². The molecule has 2 aliphatic heterocycles. The number of hydrogen-bond acceptors (Lipinski definition) is 8. The first-order valence-corrected chi connectivity index (χ1v) is 16.5. The molecule has 0 N–H and O–H groups in total. The Morgan fingerprint density at radius 3 is 2.27 bits per heavy atom. The molecule has 8 nitrogen and oxygen atoms in total. The lowest BCUT2D eigenvalue weighted by atomic mass is 9.96. The van der Waals surface area contributed by atoms with Crippen molar-refractivity contribution in [2.45, 2.75) is 43.0 Å². The second kappa shape index (κ2) is 13.4. The number of piperazine rings is 1. The third kappa shape index (κ3) is 6.80. The van der Waals surface area contributed by atoms with Gasteiger partial charge in [0, 0.05) is 43.5 Å². The first kappa shape index (κ1) is 28.9. The van der Waals surface area contributed by atoms with Crippen LogP contribution in [-0.2, 0) is 14.8 Å². The number of hydrogen-bond donors (Lipinski definition) is 0. The Morgan fingerprint density at radius 2 is 1.62 bits per heavy atom. The molecule has 5 rings (SSSR count). The van der Waals surface area contributed by atoms with Crippen molar-refractivity contribution in [2.75, 3.05) is 52.4 Å². The van der Waals surface area contributed by atoms with Crippen LogP contribution in [0.5, 0.6) is 0 Å². The lowest BCUT2D eigenvalue weighted by Crippen LogP contribution is -2.50. The molecular weight excluding hydrogens is 544 g/mol. The number of esters is 1. The number of likely N-dealkylation sites (tertiary alicyclic amines) is 1. The molecule has 3 aromatic rings. The molecule has 214 valence electrons. The molecule has 0 amide bonds. The summed E-state index contributed by atoms with van der Waals surface area (Å²) >= 11 is 1.56. The Morgan fingerprint density at radius 1 is 0.975 bits per heavy atom. The quantitative estimate of drug-likeness (QED) is 0.322. The highest BCUT2D eigenvalue weighted by molar-refractivity contribution is 7.89. The molecule has 0 saturated carbocycles. The maximum Gasteiger partial charge on any atom is 0.357 e. The zero-order valence-electron chi connectivity index (χ0n) is 23.0. The maximum atomic E-state index is 13.1. The van der Waals surface area contributed by atoms with Crippen molar-refractivity contribution in [3.8, 4) is 0 Å². The largest absolute Gasteiger partial charge is 0.461 e. The number of thiazole rings is 1. The standard InChI is InChI=1S/C30H38N4O4S2/c1-2-38-30(35)27-23-39-29(31-27)25-13-16-32(17-14-25)18-15-28(24-9-5-3-6-10-24)33-19-21-34(22-20-33)40(36,37)26-11-7-4-8-12-26/h3-12,23,25,28H,2,13-22H2,1H3/t28-/m0/s1. The van der Waals surface area contributed by atoms with Gasteiger partial charge in [0.05, 0.1) is 16.5 Å². The average Bonchev–Trinajstić information content (AvgIpc) is 3.50. The van der Waals surface area contributed by atoms with Crippen LogP contribution in [0.2, 0.25) is 0 Å². The molecule has 2 aromatic carbocycles. The van der Waals surface area contributed by atoms with E-state index in [9.17, 15) is 13.2 Å². The first-order chi connectivity index (χ1) is 19.5. The fourth-order valence-electron chi connectivity index (χ4n) is 5.71. The maximum absolute atomic E-state index is 13.1. The molecule has 2 fully saturated rings. The SMILES string of the molecule is CCOC(=O)c1csc(C2CCN(CC[C@@H](c3ccccc3)N3CCN(S(=O)(=O)c4ccccc4)CC3)CC2)n1. The molecule has 10 heteroatoms. The van der Waals surface area contributed by atoms with Gasteiger partial charge in [0.2, 0.25) is 10.0 Å². The Kier molecular flexibility index (Phi) is 9.64. The summed E-state index contributed by atoms with van der Waals surface area (Å²) in [6.45, 7) is 7.56. The number of ether oxygens (including phenoxy) is 1. The second-order valence-electron chi connectivity index (χ2n) is 10.4. The molecule has 1 aromatic heterocycles. The van der Waals surface area contributed by atoms with E-state index in [1.807, 2.05) is 17.5 Å². The summed E-state index contributed by atoms with van der Waals surface area (Å²) in [6.07, 6.45) is 3.05. The molecule has 0 unspecified atom stereocenters. The van der Waals surface area contributed by atoms with E-state index in [4.69, 9.17) is 4.74 Å². The Bertz CT molecular complexity index is 1330. The topological polar surface area (TPSA) is 83.0 Å². The summed E-state index contributed by atoms with van der Waals surface area (Å²) < 4.78 is 33.0. The average molecular weight is 583 g/mol. The number of carbonyl (C=O) groups excluding carboxylic acids is 1. The first-order valence-electron chi connectivity index (χ1n) is 14.1. The van der Waals surface area contributed by atoms with E-state index < -0.39 is 10.0 Å². The van der Waals surface area contributed by atoms with Gasteiger partial charge in [-0.3, -0.25) is 4.90 Å². The van der Waals surface area contributed by atoms with Crippen molar-refractivity contribution >= 4 is 27.3 Å². The molecule has 40 heavy (non-hydrogen) atoms. The van der Waals surface area contributed by atoms with E-state index in [1.165, 1.54) is 5.56 Å². The van der Waals surface area contributed by atoms with Crippen LogP contribution >= 0.6 is 11.3 Å². The third-order valence-corrected chi connectivity index (χ3v) is 10.9. The van der Waals surface area contributed by atoms with Crippen LogP contribution in [0.1, 0.15) is 59.2 Å². The summed E-state index contributed by atoms with van der Waals surface area (Å²) in [4.78, 5) is 21.9. The number of nitrogens with zero attached hydrogens (tertiary/aromatic N) is 4. The second-order valence-corrected chi connectivity index (χ2v) is 13.2. The number of rotatable bonds is 10. The van der Waals surface area contributed by atoms with Gasteiger partial charge in [0.25, 0.3) is 0 Å². The van der Waals surface area contributed by atoms with Crippen molar-refractivity contribution in [1.29, 1.82) is 0 Å². The van der Waals surface area contributed by atoms with E-state index in [0.717, 1.165) is 43.9 Å². The minimum absolute atomic E-state index is 0.242. The summed E-state index contributed by atoms with van der Waals surface area (Å²) in [7, 11) is -3.47. The fourth-order valence-corrected chi connectivity index (χ4v) is 8.12. The van der Waals surface area contributed by atoms with E-state index in [0.29, 0.717) is 49.3 Å². The highest BCUT2D eigenvalue weighted by atomic mass is 32.2. The number of carbonyl (C=O) groups is 1. The van der Waals surface area contributed by atoms with Gasteiger partial charge in [-0.2, -0.15) is 4.31 Å². The molecule has 0 spiro atoms. The van der Waals surface area contributed by atoms with Crippen LogP contribution in [-0.4, -0.2) is 85.9 Å². The van der Waals surface area contributed by atoms with Crippen LogP contribution in [0.15, 0.2) is 70.9 Å². The smallest absolute Gasteiger partial charge is 0.357 e. The van der Waals surface area contributed by atoms with Gasteiger partial charge >= 0.3 is 5.97 Å². The van der Waals surface area contributed by atoms with Crippen LogP contribution < -0.4 is 0 Å². The van der Waals surface area contributed by atoms with Gasteiger partial charge in [0.1, 0.15) is 0 Å². The van der Waals surface area contributed by atoms with E-state index in [-0.39, 0.29) is 12.0 Å². The highest BCUT2D eigenvalue weighted by Crippen LogP contribution is 2.32. The van der Waals surface area contributed by atoms with Crippen LogP contribution in [0.3, 0.4) is 0 Å². The molecule has 0 aliphatic carbocycles. The number of sulfonamides is 1. The monoisotopic (exact) mass is 582 g/mol. The number of aromatic nitrogens is 1. The van der Waals surface area contributed by atoms with Gasteiger partial charge in [-0.15, -0.1) is 11.3 Å². The van der Waals surface area contributed by atoms with Gasteiger partial charge in [-0.1, -0.05) is 48.5 Å². The fraction of sp³-hybridized carbons (Fsp3) is 0.467. The summed E-state index contributed by atoms with van der Waals surface area (Å²) in [5.41, 5.74) is 1.71. The highest BCUT2D eigenvalue weighted by Gasteiger charge is 2.32. The van der Waals surface area contributed by atoms with Gasteiger partial charge in [-0.05, 0) is 63.5 Å². The lowest BCUT2D eigenvalue weighted by Gasteiger charge is -2.40. The van der Waals surface area contributed by atoms with Crippen molar-refractivity contribution < 1.29 is 17.9 Å². The normalized spacial score (nSPS) is 18.9. The van der Waals surface area contributed by atoms with Crippen LogP contribution in [0.25, 0.3) is 0 Å². The lowest BCUT2D eigenvalue weighted by molar-refractivity contribution is 0.0520. The predicted octanol–water partition coefficient (Wildman–Crippen LogP) is 4.64. The van der Waals surface area contributed by atoms with E-state index in [2.05, 4.69) is 39.0 Å².